The van der Waals surface area contributed by atoms with Crippen LogP contribution in [0.1, 0.15) is 98.5 Å². The van der Waals surface area contributed by atoms with E-state index in [0.29, 0.717) is 53.9 Å². The number of carbonyl (C=O) groups is 4. The molecule has 0 atom stereocenters. The first-order valence-corrected chi connectivity index (χ1v) is 17.4. The molecule has 1 aliphatic rings. The molecule has 0 spiro atoms. The van der Waals surface area contributed by atoms with Crippen molar-refractivity contribution in [3.8, 4) is 0 Å². The summed E-state index contributed by atoms with van der Waals surface area (Å²) in [4.78, 5) is 51.5. The molecule has 0 unspecified atom stereocenters. The summed E-state index contributed by atoms with van der Waals surface area (Å²) in [6, 6.07) is 14.6. The van der Waals surface area contributed by atoms with Crippen LogP contribution in [0.2, 0.25) is 0 Å². The quantitative estimate of drug-likeness (QED) is 0.0691. The van der Waals surface area contributed by atoms with Crippen LogP contribution in [0.5, 0.6) is 0 Å². The van der Waals surface area contributed by atoms with Gasteiger partial charge in [0.1, 0.15) is 27.6 Å². The predicted octanol–water partition coefficient (Wildman–Crippen LogP) is 7.11. The number of fused-ring (bicyclic) bond motifs is 2. The molecule has 12 nitrogen and oxygen atoms in total. The van der Waals surface area contributed by atoms with Crippen molar-refractivity contribution in [2.24, 2.45) is 0 Å². The Labute approximate surface area is 295 Å². The van der Waals surface area contributed by atoms with Crippen LogP contribution in [-0.4, -0.2) is 64.9 Å². The molecule has 0 saturated heterocycles. The van der Waals surface area contributed by atoms with Gasteiger partial charge >= 0.3 is 18.2 Å². The van der Waals surface area contributed by atoms with Gasteiger partial charge in [-0.05, 0) is 102 Å². The number of nitrogens with one attached hydrogen (secondary N) is 4. The zero-order valence-corrected chi connectivity index (χ0v) is 30.3. The Kier molecular flexibility index (Phi) is 10.6. The molecule has 2 heterocycles. The van der Waals surface area contributed by atoms with E-state index in [0.717, 1.165) is 21.0 Å². The molecule has 5 rings (SSSR count). The number of methoxy groups -OCH3 is 1. The van der Waals surface area contributed by atoms with Gasteiger partial charge in [0.15, 0.2) is 0 Å². The van der Waals surface area contributed by atoms with E-state index in [2.05, 4.69) is 16.0 Å². The van der Waals surface area contributed by atoms with Gasteiger partial charge in [-0.3, -0.25) is 15.5 Å². The molecule has 2 aromatic carbocycles. The Morgan fingerprint density at radius 3 is 2.14 bits per heavy atom. The Balaban J connectivity index is 1.43. The molecule has 1 aliphatic carbocycles. The lowest BCUT2D eigenvalue weighted by Crippen LogP contribution is -2.45. The predicted molar refractivity (Wildman–Crippen MR) is 193 cm³/mol. The Bertz CT molecular complexity index is 1940. The second-order valence-corrected chi connectivity index (χ2v) is 15.6. The number of rotatable bonds is 7. The van der Waals surface area contributed by atoms with E-state index in [-0.39, 0.29) is 23.8 Å². The van der Waals surface area contributed by atoms with Crippen LogP contribution in [0.3, 0.4) is 0 Å². The summed E-state index contributed by atoms with van der Waals surface area (Å²) >= 11 is 1.34. The molecule has 4 N–H and O–H groups in total. The van der Waals surface area contributed by atoms with Crippen LogP contribution < -0.4 is 16.0 Å². The SMILES string of the molecule is COC(=O)c1cc2c(Cn3c(C(=O)N[C@H]4CC[C@H](NC(=O)OC(C)(C)C)CC4)cc4ccc(C(=N)NC(=O)OC(C)(C)C)cc43)cccc2s1. The fourth-order valence-electron chi connectivity index (χ4n) is 5.99. The first kappa shape index (κ1) is 36.4. The zero-order valence-electron chi connectivity index (χ0n) is 29.5. The van der Waals surface area contributed by atoms with E-state index in [1.807, 2.05) is 61.7 Å². The topological polar surface area (TPSA) is 161 Å². The number of benzene rings is 2. The molecule has 4 aromatic rings. The van der Waals surface area contributed by atoms with Gasteiger partial charge in [-0.15, -0.1) is 11.3 Å². The van der Waals surface area contributed by atoms with E-state index in [9.17, 15) is 19.2 Å². The zero-order chi connectivity index (χ0) is 36.4. The maximum Gasteiger partial charge on any atom is 0.413 e. The summed E-state index contributed by atoms with van der Waals surface area (Å²) in [6.07, 6.45) is 1.60. The largest absolute Gasteiger partial charge is 0.465 e. The van der Waals surface area contributed by atoms with Gasteiger partial charge in [0.25, 0.3) is 5.91 Å². The molecule has 266 valence electrons. The molecule has 0 radical (unpaired) electrons. The van der Waals surface area contributed by atoms with Crippen molar-refractivity contribution in [2.75, 3.05) is 7.11 Å². The molecule has 0 bridgehead atoms. The number of nitrogens with zero attached hydrogens (tertiary/aromatic N) is 1. The van der Waals surface area contributed by atoms with Gasteiger partial charge in [-0.1, -0.05) is 24.3 Å². The number of hydrogen-bond donors (Lipinski definition) is 4. The van der Waals surface area contributed by atoms with E-state index >= 15 is 0 Å². The lowest BCUT2D eigenvalue weighted by atomic mass is 9.91. The third-order valence-corrected chi connectivity index (χ3v) is 9.28. The van der Waals surface area contributed by atoms with Gasteiger partial charge in [0.2, 0.25) is 0 Å². The van der Waals surface area contributed by atoms with E-state index in [1.54, 1.807) is 32.9 Å². The molecule has 3 amide bonds. The third kappa shape index (κ3) is 9.00. The maximum absolute atomic E-state index is 14.0. The Hall–Kier alpha value is -4.91. The minimum atomic E-state index is -0.736. The number of ether oxygens (including phenoxy) is 3. The summed E-state index contributed by atoms with van der Waals surface area (Å²) < 4.78 is 18.5. The van der Waals surface area contributed by atoms with Gasteiger partial charge < -0.3 is 29.4 Å². The van der Waals surface area contributed by atoms with Crippen LogP contribution >= 0.6 is 11.3 Å². The minimum Gasteiger partial charge on any atom is -0.465 e. The number of esters is 1. The molecule has 0 aliphatic heterocycles. The van der Waals surface area contributed by atoms with Crippen LogP contribution in [0.25, 0.3) is 21.0 Å². The van der Waals surface area contributed by atoms with Crippen molar-refractivity contribution in [2.45, 2.75) is 97.1 Å². The number of amides is 3. The van der Waals surface area contributed by atoms with Gasteiger partial charge in [0.05, 0.1) is 7.11 Å². The van der Waals surface area contributed by atoms with Gasteiger partial charge in [-0.2, -0.15) is 0 Å². The number of amidine groups is 1. The molecular weight excluding hydrogens is 659 g/mol. The summed E-state index contributed by atoms with van der Waals surface area (Å²) in [6.45, 7) is 11.0. The van der Waals surface area contributed by atoms with Crippen molar-refractivity contribution >= 4 is 62.2 Å². The normalized spacial score (nSPS) is 16.5. The minimum absolute atomic E-state index is 0.0338. The second-order valence-electron chi connectivity index (χ2n) is 14.5. The third-order valence-electron chi connectivity index (χ3n) is 8.20. The van der Waals surface area contributed by atoms with Crippen molar-refractivity contribution < 1.29 is 33.4 Å². The monoisotopic (exact) mass is 703 g/mol. The Morgan fingerprint density at radius 1 is 0.860 bits per heavy atom. The van der Waals surface area contributed by atoms with E-state index < -0.39 is 29.4 Å². The van der Waals surface area contributed by atoms with Crippen LogP contribution in [-0.2, 0) is 20.8 Å². The van der Waals surface area contributed by atoms with E-state index in [1.165, 1.54) is 18.4 Å². The van der Waals surface area contributed by atoms with Crippen LogP contribution in [0, 0.1) is 5.41 Å². The van der Waals surface area contributed by atoms with E-state index in [4.69, 9.17) is 19.6 Å². The second kappa shape index (κ2) is 14.5. The van der Waals surface area contributed by atoms with Crippen molar-refractivity contribution in [1.82, 2.24) is 20.5 Å². The van der Waals surface area contributed by atoms with Crippen LogP contribution in [0.4, 0.5) is 9.59 Å². The maximum atomic E-state index is 14.0. The van der Waals surface area contributed by atoms with Gasteiger partial charge in [0, 0.05) is 39.8 Å². The lowest BCUT2D eigenvalue weighted by molar-refractivity contribution is 0.0485. The molecule has 2 aromatic heterocycles. The van der Waals surface area contributed by atoms with Crippen molar-refractivity contribution in [3.63, 3.8) is 0 Å². The molecule has 1 saturated carbocycles. The standard InChI is InChI=1S/C37H45N5O7S/c1-36(2,3)48-34(45)40-25-15-13-24(14-16-25)39-32(43)28-17-21-11-12-22(31(38)41-35(46)49-37(4,5)6)18-27(21)42(28)20-23-9-8-10-29-26(23)19-30(50-29)33(44)47-7/h8-12,17-19,24-25H,13-16,20H2,1-7H3,(H,39,43)(H,40,45)(H2,38,41,46)/t24-,25-. The number of hydrogen-bond acceptors (Lipinski definition) is 9. The first-order chi connectivity index (χ1) is 23.5. The summed E-state index contributed by atoms with van der Waals surface area (Å²) in [5, 5.41) is 18.9. The highest BCUT2D eigenvalue weighted by Crippen LogP contribution is 2.31. The highest BCUT2D eigenvalue weighted by atomic mass is 32.1. The molecule has 1 fully saturated rings. The molecule has 50 heavy (non-hydrogen) atoms. The number of carbonyl (C=O) groups excluding carboxylic acids is 4. The average molecular weight is 704 g/mol. The fourth-order valence-corrected chi connectivity index (χ4v) is 7.02. The highest BCUT2D eigenvalue weighted by Gasteiger charge is 2.27. The van der Waals surface area contributed by atoms with Crippen molar-refractivity contribution in [1.29, 1.82) is 5.41 Å². The first-order valence-electron chi connectivity index (χ1n) is 16.6. The van der Waals surface area contributed by atoms with Crippen LogP contribution in [0.15, 0.2) is 48.5 Å². The van der Waals surface area contributed by atoms with Gasteiger partial charge in [-0.25, -0.2) is 14.4 Å². The number of thiophene rings is 1. The number of alkyl carbamates (subject to hydrolysis) is 2. The smallest absolute Gasteiger partial charge is 0.413 e. The fraction of sp³-hybridized carbons (Fsp3) is 0.432. The summed E-state index contributed by atoms with van der Waals surface area (Å²) in [5.41, 5.74) is 1.14. The average Bonchev–Trinajstić information content (AvgIpc) is 3.62. The molecule has 13 heteroatoms. The lowest BCUT2D eigenvalue weighted by Gasteiger charge is -2.30. The number of aromatic nitrogens is 1. The Morgan fingerprint density at radius 2 is 1.50 bits per heavy atom. The molecular formula is C37H45N5O7S. The summed E-state index contributed by atoms with van der Waals surface area (Å²) in [5.74, 6) is -0.805. The van der Waals surface area contributed by atoms with Crippen molar-refractivity contribution in [3.05, 3.63) is 70.2 Å². The summed E-state index contributed by atoms with van der Waals surface area (Å²) in [7, 11) is 1.35. The highest BCUT2D eigenvalue weighted by molar-refractivity contribution is 7.20.